The van der Waals surface area contributed by atoms with Crippen LogP contribution < -0.4 is 10.2 Å². The molecular weight excluding hydrogens is 428 g/mol. The monoisotopic (exact) mass is 446 g/mol. The van der Waals surface area contributed by atoms with Gasteiger partial charge in [0.1, 0.15) is 52.8 Å². The Balaban J connectivity index is 1.68. The average Bonchev–Trinajstić information content (AvgIpc) is 2.74. The number of aliphatic hydroxyl groups is 3. The van der Waals surface area contributed by atoms with Crippen molar-refractivity contribution in [3.8, 4) is 28.4 Å². The Kier molecular flexibility index (Phi) is 5.48. The molecule has 2 heterocycles. The molecule has 0 amide bonds. The van der Waals surface area contributed by atoms with Crippen LogP contribution >= 0.6 is 0 Å². The van der Waals surface area contributed by atoms with E-state index in [1.54, 1.807) is 0 Å². The summed E-state index contributed by atoms with van der Waals surface area (Å²) in [4.78, 5) is 24.1. The summed E-state index contributed by atoms with van der Waals surface area (Å²) >= 11 is 0. The van der Waals surface area contributed by atoms with Gasteiger partial charge in [-0.3, -0.25) is 4.79 Å². The van der Waals surface area contributed by atoms with Crippen LogP contribution in [0.5, 0.6) is 17.2 Å². The number of aliphatic carboxylic acids is 1. The smallest absolute Gasteiger partial charge is 0.335 e. The third-order valence-corrected chi connectivity index (χ3v) is 5.07. The molecule has 0 saturated carbocycles. The minimum absolute atomic E-state index is 0.0125. The number of benzene rings is 2. The second kappa shape index (κ2) is 8.13. The van der Waals surface area contributed by atoms with Crippen LogP contribution in [-0.2, 0) is 9.53 Å². The molecule has 0 radical (unpaired) electrons. The normalized spacial score (nSPS) is 25.5. The maximum atomic E-state index is 12.9. The molecular formula is C21H18O11. The van der Waals surface area contributed by atoms with Crippen LogP contribution in [0.25, 0.3) is 22.1 Å². The molecule has 11 heteroatoms. The van der Waals surface area contributed by atoms with Crippen LogP contribution in [0, 0.1) is 0 Å². The van der Waals surface area contributed by atoms with Gasteiger partial charge in [-0.1, -0.05) is 12.1 Å². The largest absolute Gasteiger partial charge is 0.508 e. The van der Waals surface area contributed by atoms with Crippen LogP contribution in [0.15, 0.2) is 51.9 Å². The molecule has 6 N–H and O–H groups in total. The number of hydrogen-bond acceptors (Lipinski definition) is 10. The fourth-order valence-corrected chi connectivity index (χ4v) is 3.40. The van der Waals surface area contributed by atoms with Gasteiger partial charge < -0.3 is 44.5 Å². The molecule has 5 atom stereocenters. The lowest BCUT2D eigenvalue weighted by Gasteiger charge is -2.38. The number of aliphatic hydroxyl groups excluding tert-OH is 3. The average molecular weight is 446 g/mol. The third kappa shape index (κ3) is 3.74. The standard InChI is InChI=1S/C21H18O11/c22-9-3-1-8(2-4-9)11-7-30-13-6-10(5-12(23)14(13)15(11)24)31-21-18(27)16(25)17(26)19(32-21)20(28)29/h1-7,16-19,21-23,25-27H,(H,28,29)/t16-,17-,18-,19+,21+/m1/s1. The SMILES string of the molecule is O=C(O)[C@H]1O[C@H](Oc2cc(O)c3c(=O)c(-c4ccc(O)cc4)coc3c2)[C@H](O)[C@H](O)[C@H]1O. The van der Waals surface area contributed by atoms with Crippen molar-refractivity contribution < 1.29 is 49.3 Å². The van der Waals surface area contributed by atoms with E-state index >= 15 is 0 Å². The number of carboxylic acid groups (broad SMARTS) is 1. The number of aromatic hydroxyl groups is 2. The molecule has 2 aromatic carbocycles. The van der Waals surface area contributed by atoms with Crippen molar-refractivity contribution in [3.05, 3.63) is 52.9 Å². The van der Waals surface area contributed by atoms with E-state index in [4.69, 9.17) is 19.0 Å². The van der Waals surface area contributed by atoms with Gasteiger partial charge in [0, 0.05) is 12.1 Å². The highest BCUT2D eigenvalue weighted by molar-refractivity contribution is 5.88. The lowest BCUT2D eigenvalue weighted by molar-refractivity contribution is -0.271. The van der Waals surface area contributed by atoms with Crippen LogP contribution in [-0.4, -0.2) is 67.3 Å². The van der Waals surface area contributed by atoms with Crippen LogP contribution in [0.3, 0.4) is 0 Å². The number of ether oxygens (including phenoxy) is 2. The van der Waals surface area contributed by atoms with Crippen molar-refractivity contribution in [2.24, 2.45) is 0 Å². The van der Waals surface area contributed by atoms with Gasteiger partial charge in [-0.2, -0.15) is 0 Å². The third-order valence-electron chi connectivity index (χ3n) is 5.07. The minimum Gasteiger partial charge on any atom is -0.508 e. The molecule has 1 aliphatic heterocycles. The second-order valence-corrected chi connectivity index (χ2v) is 7.19. The molecule has 1 fully saturated rings. The molecule has 0 unspecified atom stereocenters. The highest BCUT2D eigenvalue weighted by Gasteiger charge is 2.48. The summed E-state index contributed by atoms with van der Waals surface area (Å²) in [6, 6.07) is 8.02. The van der Waals surface area contributed by atoms with Gasteiger partial charge in [0.15, 0.2) is 6.10 Å². The predicted molar refractivity (Wildman–Crippen MR) is 106 cm³/mol. The van der Waals surface area contributed by atoms with Gasteiger partial charge in [-0.05, 0) is 17.7 Å². The van der Waals surface area contributed by atoms with E-state index in [0.29, 0.717) is 5.56 Å². The first kappa shape index (κ1) is 21.6. The highest BCUT2D eigenvalue weighted by Crippen LogP contribution is 2.32. The Morgan fingerprint density at radius 3 is 2.31 bits per heavy atom. The number of phenolic OH excluding ortho intramolecular Hbond substituents is 2. The van der Waals surface area contributed by atoms with E-state index in [9.17, 15) is 35.1 Å². The Bertz CT molecular complexity index is 1220. The maximum Gasteiger partial charge on any atom is 0.335 e. The van der Waals surface area contributed by atoms with Gasteiger partial charge in [0.25, 0.3) is 0 Å². The summed E-state index contributed by atoms with van der Waals surface area (Å²) < 4.78 is 15.9. The zero-order valence-corrected chi connectivity index (χ0v) is 16.2. The van der Waals surface area contributed by atoms with Gasteiger partial charge in [-0.25, -0.2) is 4.79 Å². The van der Waals surface area contributed by atoms with Crippen molar-refractivity contribution in [2.75, 3.05) is 0 Å². The quantitative estimate of drug-likeness (QED) is 0.320. The van der Waals surface area contributed by atoms with Gasteiger partial charge in [0.05, 0.1) is 5.56 Å². The summed E-state index contributed by atoms with van der Waals surface area (Å²) in [5.74, 6) is -2.25. The van der Waals surface area contributed by atoms with E-state index in [1.165, 1.54) is 30.3 Å². The zero-order chi connectivity index (χ0) is 23.2. The summed E-state index contributed by atoms with van der Waals surface area (Å²) in [5.41, 5.74) is -0.0503. The maximum absolute atomic E-state index is 12.9. The summed E-state index contributed by atoms with van der Waals surface area (Å²) in [7, 11) is 0. The predicted octanol–water partition coefficient (Wildman–Crippen LogP) is 0.142. The van der Waals surface area contributed by atoms with Crippen molar-refractivity contribution in [1.29, 1.82) is 0 Å². The molecule has 1 aromatic heterocycles. The highest BCUT2D eigenvalue weighted by atomic mass is 16.7. The van der Waals surface area contributed by atoms with E-state index in [0.717, 1.165) is 12.3 Å². The van der Waals surface area contributed by atoms with Gasteiger partial charge in [-0.15, -0.1) is 0 Å². The molecule has 0 bridgehead atoms. The molecule has 0 spiro atoms. The Morgan fingerprint density at radius 2 is 1.66 bits per heavy atom. The van der Waals surface area contributed by atoms with Crippen molar-refractivity contribution in [1.82, 2.24) is 0 Å². The second-order valence-electron chi connectivity index (χ2n) is 7.19. The van der Waals surface area contributed by atoms with Crippen molar-refractivity contribution >= 4 is 16.9 Å². The van der Waals surface area contributed by atoms with Crippen molar-refractivity contribution in [2.45, 2.75) is 30.7 Å². The number of carboxylic acids is 1. The Hall–Kier alpha value is -3.64. The van der Waals surface area contributed by atoms with E-state index in [-0.39, 0.29) is 28.0 Å². The molecule has 1 aliphatic rings. The molecule has 32 heavy (non-hydrogen) atoms. The Morgan fingerprint density at radius 1 is 0.969 bits per heavy atom. The summed E-state index contributed by atoms with van der Waals surface area (Å²) in [6.07, 6.45) is -7.96. The summed E-state index contributed by atoms with van der Waals surface area (Å²) in [6.45, 7) is 0. The molecule has 11 nitrogen and oxygen atoms in total. The fraction of sp³-hybridized carbons (Fsp3) is 0.238. The van der Waals surface area contributed by atoms with Gasteiger partial charge in [0.2, 0.25) is 11.7 Å². The van der Waals surface area contributed by atoms with E-state index < -0.39 is 47.9 Å². The number of carbonyl (C=O) groups is 1. The molecule has 4 rings (SSSR count). The first-order chi connectivity index (χ1) is 15.2. The first-order valence-electron chi connectivity index (χ1n) is 9.34. The number of phenols is 2. The van der Waals surface area contributed by atoms with E-state index in [2.05, 4.69) is 0 Å². The zero-order valence-electron chi connectivity index (χ0n) is 16.2. The summed E-state index contributed by atoms with van der Waals surface area (Å²) in [5, 5.41) is 58.5. The lowest BCUT2D eigenvalue weighted by atomic mass is 9.99. The Labute approximate surface area is 178 Å². The van der Waals surface area contributed by atoms with Crippen LogP contribution in [0.4, 0.5) is 0 Å². The number of hydrogen-bond donors (Lipinski definition) is 6. The minimum atomic E-state index is -1.89. The van der Waals surface area contributed by atoms with Crippen LogP contribution in [0.2, 0.25) is 0 Å². The first-order valence-corrected chi connectivity index (χ1v) is 9.34. The van der Waals surface area contributed by atoms with Crippen LogP contribution in [0.1, 0.15) is 0 Å². The molecule has 1 saturated heterocycles. The molecule has 168 valence electrons. The number of fused-ring (bicyclic) bond motifs is 1. The topological polar surface area (TPSA) is 187 Å². The molecule has 3 aromatic rings. The number of rotatable bonds is 4. The lowest BCUT2D eigenvalue weighted by Crippen LogP contribution is -2.61. The molecule has 0 aliphatic carbocycles. The van der Waals surface area contributed by atoms with E-state index in [1.807, 2.05) is 0 Å². The van der Waals surface area contributed by atoms with Crippen molar-refractivity contribution in [3.63, 3.8) is 0 Å². The van der Waals surface area contributed by atoms with Gasteiger partial charge >= 0.3 is 5.97 Å². The fourth-order valence-electron chi connectivity index (χ4n) is 3.40.